The number of thiazole rings is 1. The molecule has 0 aliphatic carbocycles. The van der Waals surface area contributed by atoms with Crippen LogP contribution in [-0.2, 0) is 6.54 Å². The van der Waals surface area contributed by atoms with E-state index in [0.29, 0.717) is 11.2 Å². The SMILES string of the molecule is O=C(NCc1csc(-c2ccccn2)n1)c1ccc(Br)o1. The van der Waals surface area contributed by atoms with E-state index >= 15 is 0 Å². The first kappa shape index (κ1) is 14.0. The molecule has 0 saturated carbocycles. The van der Waals surface area contributed by atoms with E-state index in [1.54, 1.807) is 18.3 Å². The zero-order valence-electron chi connectivity index (χ0n) is 10.7. The van der Waals surface area contributed by atoms with Crippen molar-refractivity contribution in [2.75, 3.05) is 0 Å². The number of hydrogen-bond acceptors (Lipinski definition) is 5. The second-order valence-corrected chi connectivity index (χ2v) is 5.79. The largest absolute Gasteiger partial charge is 0.444 e. The van der Waals surface area contributed by atoms with Gasteiger partial charge in [0.15, 0.2) is 10.4 Å². The number of halogens is 1. The van der Waals surface area contributed by atoms with Crippen LogP contribution in [0.15, 0.2) is 51.0 Å². The number of rotatable bonds is 4. The average Bonchev–Trinajstić information content (AvgIpc) is 3.15. The number of hydrogen-bond donors (Lipinski definition) is 1. The molecule has 0 atom stereocenters. The molecule has 21 heavy (non-hydrogen) atoms. The van der Waals surface area contributed by atoms with Gasteiger partial charge in [-0.2, -0.15) is 0 Å². The lowest BCUT2D eigenvalue weighted by Crippen LogP contribution is -2.22. The molecule has 0 fully saturated rings. The quantitative estimate of drug-likeness (QED) is 0.770. The summed E-state index contributed by atoms with van der Waals surface area (Å²) >= 11 is 4.66. The Morgan fingerprint density at radius 3 is 2.95 bits per heavy atom. The van der Waals surface area contributed by atoms with E-state index in [9.17, 15) is 4.79 Å². The van der Waals surface area contributed by atoms with Gasteiger partial charge < -0.3 is 9.73 Å². The van der Waals surface area contributed by atoms with Crippen LogP contribution in [0.5, 0.6) is 0 Å². The van der Waals surface area contributed by atoms with Crippen LogP contribution in [0.1, 0.15) is 16.2 Å². The van der Waals surface area contributed by atoms with Gasteiger partial charge in [-0.25, -0.2) is 4.98 Å². The number of amides is 1. The number of carbonyl (C=O) groups excluding carboxylic acids is 1. The predicted molar refractivity (Wildman–Crippen MR) is 82.9 cm³/mol. The van der Waals surface area contributed by atoms with E-state index in [2.05, 4.69) is 31.2 Å². The van der Waals surface area contributed by atoms with Gasteiger partial charge in [0, 0.05) is 11.6 Å². The van der Waals surface area contributed by atoms with Crippen molar-refractivity contribution in [1.82, 2.24) is 15.3 Å². The lowest BCUT2D eigenvalue weighted by Gasteiger charge is -1.99. The highest BCUT2D eigenvalue weighted by Crippen LogP contribution is 2.21. The lowest BCUT2D eigenvalue weighted by molar-refractivity contribution is 0.0921. The van der Waals surface area contributed by atoms with Crippen molar-refractivity contribution in [1.29, 1.82) is 0 Å². The maximum atomic E-state index is 11.8. The first-order chi connectivity index (χ1) is 10.2. The minimum Gasteiger partial charge on any atom is -0.444 e. The molecular formula is C14H10BrN3O2S. The number of aromatic nitrogens is 2. The van der Waals surface area contributed by atoms with Crippen molar-refractivity contribution in [3.05, 3.63) is 58.0 Å². The topological polar surface area (TPSA) is 68.0 Å². The Kier molecular flexibility index (Phi) is 4.12. The summed E-state index contributed by atoms with van der Waals surface area (Å²) in [6.07, 6.45) is 1.73. The van der Waals surface area contributed by atoms with Crippen LogP contribution >= 0.6 is 27.3 Å². The molecule has 3 heterocycles. The zero-order chi connectivity index (χ0) is 14.7. The van der Waals surface area contributed by atoms with Gasteiger partial charge in [0.05, 0.1) is 17.9 Å². The Labute approximate surface area is 133 Å². The minimum absolute atomic E-state index is 0.266. The molecule has 106 valence electrons. The molecule has 3 rings (SSSR count). The molecule has 0 aliphatic heterocycles. The van der Waals surface area contributed by atoms with Crippen molar-refractivity contribution in [2.45, 2.75) is 6.54 Å². The third kappa shape index (κ3) is 3.37. The predicted octanol–water partition coefficient (Wildman–Crippen LogP) is 3.49. The van der Waals surface area contributed by atoms with E-state index in [-0.39, 0.29) is 11.7 Å². The summed E-state index contributed by atoms with van der Waals surface area (Å²) in [5, 5.41) is 5.50. The van der Waals surface area contributed by atoms with Gasteiger partial charge in [-0.3, -0.25) is 9.78 Å². The first-order valence-corrected chi connectivity index (χ1v) is 7.79. The Morgan fingerprint density at radius 1 is 1.33 bits per heavy atom. The number of nitrogens with zero attached hydrogens (tertiary/aromatic N) is 2. The van der Waals surface area contributed by atoms with Crippen LogP contribution in [0, 0.1) is 0 Å². The van der Waals surface area contributed by atoms with E-state index in [0.717, 1.165) is 16.4 Å². The molecule has 0 aromatic carbocycles. The summed E-state index contributed by atoms with van der Waals surface area (Å²) in [5.41, 5.74) is 1.62. The summed E-state index contributed by atoms with van der Waals surface area (Å²) in [5.74, 6) is -0.00450. The average molecular weight is 364 g/mol. The Hall–Kier alpha value is -1.99. The molecule has 5 nitrogen and oxygen atoms in total. The van der Waals surface area contributed by atoms with E-state index in [4.69, 9.17) is 4.42 Å². The fourth-order valence-electron chi connectivity index (χ4n) is 1.69. The monoisotopic (exact) mass is 363 g/mol. The van der Waals surface area contributed by atoms with Crippen molar-refractivity contribution >= 4 is 33.2 Å². The molecule has 0 aliphatic rings. The molecule has 3 aromatic rings. The normalized spacial score (nSPS) is 10.5. The maximum absolute atomic E-state index is 11.8. The highest BCUT2D eigenvalue weighted by Gasteiger charge is 2.11. The van der Waals surface area contributed by atoms with Gasteiger partial charge in [0.1, 0.15) is 5.01 Å². The zero-order valence-corrected chi connectivity index (χ0v) is 13.1. The highest BCUT2D eigenvalue weighted by atomic mass is 79.9. The van der Waals surface area contributed by atoms with Gasteiger partial charge in [-0.1, -0.05) is 6.07 Å². The van der Waals surface area contributed by atoms with Crippen LogP contribution in [0.4, 0.5) is 0 Å². The molecule has 3 aromatic heterocycles. The molecule has 7 heteroatoms. The van der Waals surface area contributed by atoms with Crippen molar-refractivity contribution in [3.63, 3.8) is 0 Å². The fraction of sp³-hybridized carbons (Fsp3) is 0.0714. The van der Waals surface area contributed by atoms with Crippen molar-refractivity contribution < 1.29 is 9.21 Å². The first-order valence-electron chi connectivity index (χ1n) is 6.12. The van der Waals surface area contributed by atoms with Gasteiger partial charge in [0.25, 0.3) is 5.91 Å². The van der Waals surface area contributed by atoms with E-state index in [1.165, 1.54) is 11.3 Å². The number of nitrogens with one attached hydrogen (secondary N) is 1. The third-order valence-corrected chi connectivity index (χ3v) is 4.00. The Bertz CT molecular complexity index is 754. The van der Waals surface area contributed by atoms with Crippen molar-refractivity contribution in [2.24, 2.45) is 0 Å². The van der Waals surface area contributed by atoms with Gasteiger partial charge in [-0.15, -0.1) is 11.3 Å². The second-order valence-electron chi connectivity index (χ2n) is 4.15. The lowest BCUT2D eigenvalue weighted by atomic mass is 10.3. The summed E-state index contributed by atoms with van der Waals surface area (Å²) < 4.78 is 5.71. The molecule has 0 spiro atoms. The summed E-state index contributed by atoms with van der Waals surface area (Å²) in [6.45, 7) is 0.348. The highest BCUT2D eigenvalue weighted by molar-refractivity contribution is 9.10. The molecule has 1 N–H and O–H groups in total. The van der Waals surface area contributed by atoms with Gasteiger partial charge >= 0.3 is 0 Å². The smallest absolute Gasteiger partial charge is 0.287 e. The summed E-state index contributed by atoms with van der Waals surface area (Å²) in [6, 6.07) is 8.97. The van der Waals surface area contributed by atoms with Gasteiger partial charge in [0.2, 0.25) is 0 Å². The molecule has 0 unspecified atom stereocenters. The van der Waals surface area contributed by atoms with Gasteiger partial charge in [-0.05, 0) is 40.2 Å². The molecular weight excluding hydrogens is 354 g/mol. The van der Waals surface area contributed by atoms with E-state index in [1.807, 2.05) is 23.6 Å². The maximum Gasteiger partial charge on any atom is 0.287 e. The standard InChI is InChI=1S/C14H10BrN3O2S/c15-12-5-4-11(20-12)13(19)17-7-9-8-21-14(18-9)10-3-1-2-6-16-10/h1-6,8H,7H2,(H,17,19). The second kappa shape index (κ2) is 6.19. The van der Waals surface area contributed by atoms with E-state index < -0.39 is 0 Å². The Morgan fingerprint density at radius 2 is 2.24 bits per heavy atom. The summed E-state index contributed by atoms with van der Waals surface area (Å²) in [4.78, 5) is 20.5. The molecule has 1 amide bonds. The summed E-state index contributed by atoms with van der Waals surface area (Å²) in [7, 11) is 0. The molecule has 0 saturated heterocycles. The molecule has 0 radical (unpaired) electrons. The van der Waals surface area contributed by atoms with Crippen molar-refractivity contribution in [3.8, 4) is 10.7 Å². The number of furan rings is 1. The molecule has 0 bridgehead atoms. The third-order valence-electron chi connectivity index (χ3n) is 2.66. The van der Waals surface area contributed by atoms with Crippen LogP contribution in [-0.4, -0.2) is 15.9 Å². The minimum atomic E-state index is -0.270. The number of pyridine rings is 1. The van der Waals surface area contributed by atoms with Crippen LogP contribution in [0.2, 0.25) is 0 Å². The van der Waals surface area contributed by atoms with Crippen LogP contribution < -0.4 is 5.32 Å². The van der Waals surface area contributed by atoms with Crippen LogP contribution in [0.3, 0.4) is 0 Å². The number of carbonyl (C=O) groups is 1. The Balaban J connectivity index is 1.64. The fourth-order valence-corrected chi connectivity index (χ4v) is 2.79. The van der Waals surface area contributed by atoms with Crippen LogP contribution in [0.25, 0.3) is 10.7 Å².